The fourth-order valence-corrected chi connectivity index (χ4v) is 3.36. The molecular formula is C18H20N2O2S. The number of hydrogen-bond acceptors (Lipinski definition) is 4. The highest BCUT2D eigenvalue weighted by molar-refractivity contribution is 7.99. The normalized spacial score (nSPS) is 14.3. The van der Waals surface area contributed by atoms with E-state index in [2.05, 4.69) is 11.1 Å². The van der Waals surface area contributed by atoms with Gasteiger partial charge in [0.05, 0.1) is 23.6 Å². The number of hydrogen-bond donors (Lipinski definition) is 0. The van der Waals surface area contributed by atoms with Crippen LogP contribution in [-0.2, 0) is 11.3 Å². The predicted octanol–water partition coefficient (Wildman–Crippen LogP) is 4.25. The van der Waals surface area contributed by atoms with Crippen LogP contribution in [0.1, 0.15) is 31.4 Å². The highest BCUT2D eigenvalue weighted by Crippen LogP contribution is 2.25. The number of nitrogens with zero attached hydrogens (tertiary/aromatic N) is 2. The molecule has 0 unspecified atom stereocenters. The van der Waals surface area contributed by atoms with Gasteiger partial charge in [-0.25, -0.2) is 4.98 Å². The molecule has 0 bridgehead atoms. The van der Waals surface area contributed by atoms with Crippen LogP contribution in [-0.4, -0.2) is 21.5 Å². The van der Waals surface area contributed by atoms with Gasteiger partial charge in [0.25, 0.3) is 0 Å². The van der Waals surface area contributed by atoms with Crippen LogP contribution in [0.2, 0.25) is 0 Å². The highest BCUT2D eigenvalue weighted by atomic mass is 32.2. The molecule has 0 fully saturated rings. The Hall–Kier alpha value is -2.01. The van der Waals surface area contributed by atoms with Gasteiger partial charge >= 0.3 is 0 Å². The van der Waals surface area contributed by atoms with Gasteiger partial charge in [-0.1, -0.05) is 23.9 Å². The van der Waals surface area contributed by atoms with E-state index in [9.17, 15) is 4.79 Å². The zero-order valence-corrected chi connectivity index (χ0v) is 13.8. The van der Waals surface area contributed by atoms with Gasteiger partial charge in [0.1, 0.15) is 5.76 Å². The number of allylic oxidation sites excluding steroid dienone is 2. The summed E-state index contributed by atoms with van der Waals surface area (Å²) in [7, 11) is 0. The zero-order valence-electron chi connectivity index (χ0n) is 13.0. The quantitative estimate of drug-likeness (QED) is 0.744. The van der Waals surface area contributed by atoms with E-state index in [-0.39, 0.29) is 5.91 Å². The number of thioether (sulfide) groups is 1. The summed E-state index contributed by atoms with van der Waals surface area (Å²) in [6, 6.07) is 9.51. The monoisotopic (exact) mass is 328 g/mol. The van der Waals surface area contributed by atoms with Crippen molar-refractivity contribution in [3.63, 3.8) is 0 Å². The minimum absolute atomic E-state index is 0.102. The summed E-state index contributed by atoms with van der Waals surface area (Å²) in [4.78, 5) is 18.9. The van der Waals surface area contributed by atoms with Gasteiger partial charge in [-0.3, -0.25) is 4.79 Å². The Morgan fingerprint density at radius 1 is 1.26 bits per heavy atom. The van der Waals surface area contributed by atoms with E-state index in [0.29, 0.717) is 12.3 Å². The third-order valence-electron chi connectivity index (χ3n) is 3.79. The minimum atomic E-state index is 0.102. The molecule has 5 heteroatoms. The van der Waals surface area contributed by atoms with Gasteiger partial charge < -0.3 is 9.32 Å². The number of rotatable bonds is 6. The van der Waals surface area contributed by atoms with Crippen LogP contribution in [0.5, 0.6) is 0 Å². The van der Waals surface area contributed by atoms with Crippen molar-refractivity contribution in [3.05, 3.63) is 60.3 Å². The topological polar surface area (TPSA) is 46.3 Å². The molecule has 0 saturated heterocycles. The molecule has 0 radical (unpaired) electrons. The number of aromatic nitrogens is 1. The lowest BCUT2D eigenvalue weighted by molar-refractivity contribution is -0.127. The molecule has 4 nitrogen and oxygen atoms in total. The summed E-state index contributed by atoms with van der Waals surface area (Å²) in [5.41, 5.74) is 1.12. The number of furan rings is 1. The molecule has 1 aliphatic rings. The van der Waals surface area contributed by atoms with Crippen LogP contribution in [0.15, 0.2) is 64.0 Å². The van der Waals surface area contributed by atoms with E-state index >= 15 is 0 Å². The first-order chi connectivity index (χ1) is 11.3. The first kappa shape index (κ1) is 15.9. The third-order valence-corrected chi connectivity index (χ3v) is 4.72. The molecule has 2 heterocycles. The van der Waals surface area contributed by atoms with Crippen molar-refractivity contribution in [3.8, 4) is 0 Å². The largest absolute Gasteiger partial charge is 0.467 e. The van der Waals surface area contributed by atoms with Gasteiger partial charge in [0, 0.05) is 11.9 Å². The van der Waals surface area contributed by atoms with E-state index < -0.39 is 0 Å². The Kier molecular flexibility index (Phi) is 5.53. The minimum Gasteiger partial charge on any atom is -0.467 e. The molecular weight excluding hydrogens is 308 g/mol. The summed E-state index contributed by atoms with van der Waals surface area (Å²) >= 11 is 1.47. The summed E-state index contributed by atoms with van der Waals surface area (Å²) in [5, 5.41) is 0.872. The molecule has 1 aliphatic carbocycles. The Labute approximate surface area is 140 Å². The van der Waals surface area contributed by atoms with Gasteiger partial charge in [0.2, 0.25) is 5.91 Å². The van der Waals surface area contributed by atoms with Crippen molar-refractivity contribution in [1.82, 2.24) is 9.88 Å². The molecule has 2 aromatic heterocycles. The van der Waals surface area contributed by atoms with Crippen LogP contribution in [0.4, 0.5) is 0 Å². The maximum Gasteiger partial charge on any atom is 0.237 e. The van der Waals surface area contributed by atoms with E-state index in [1.54, 1.807) is 12.5 Å². The first-order valence-corrected chi connectivity index (χ1v) is 8.87. The lowest BCUT2D eigenvalue weighted by Crippen LogP contribution is -2.32. The average molecular weight is 328 g/mol. The zero-order chi connectivity index (χ0) is 15.9. The standard InChI is InChI=1S/C18H20N2O2S/c21-18(14-23-17-10-4-5-11-19-17)20(13-16-9-6-12-22-16)15-7-2-1-3-8-15/h4-7,9-12H,1-3,8,13-14H2. The Morgan fingerprint density at radius 3 is 2.91 bits per heavy atom. The Morgan fingerprint density at radius 2 is 2.22 bits per heavy atom. The van der Waals surface area contributed by atoms with Crippen molar-refractivity contribution in [1.29, 1.82) is 0 Å². The summed E-state index contributed by atoms with van der Waals surface area (Å²) in [5.74, 6) is 1.30. The molecule has 0 N–H and O–H groups in total. The average Bonchev–Trinajstić information content (AvgIpc) is 3.12. The molecule has 2 aromatic rings. The highest BCUT2D eigenvalue weighted by Gasteiger charge is 2.21. The first-order valence-electron chi connectivity index (χ1n) is 7.88. The number of carbonyl (C=O) groups is 1. The van der Waals surface area contributed by atoms with Crippen molar-refractivity contribution in [2.24, 2.45) is 0 Å². The van der Waals surface area contributed by atoms with Gasteiger partial charge in [-0.05, 0) is 49.9 Å². The van der Waals surface area contributed by atoms with Crippen LogP contribution >= 0.6 is 11.8 Å². The van der Waals surface area contributed by atoms with Gasteiger partial charge in [-0.2, -0.15) is 0 Å². The molecule has 0 aliphatic heterocycles. The van der Waals surface area contributed by atoms with Crippen molar-refractivity contribution in [2.45, 2.75) is 37.3 Å². The second-order valence-corrected chi connectivity index (χ2v) is 6.45. The predicted molar refractivity (Wildman–Crippen MR) is 90.8 cm³/mol. The summed E-state index contributed by atoms with van der Waals surface area (Å²) in [6.07, 6.45) is 9.93. The van der Waals surface area contributed by atoms with Crippen LogP contribution in [0.3, 0.4) is 0 Å². The summed E-state index contributed by atoms with van der Waals surface area (Å²) < 4.78 is 5.43. The fourth-order valence-electron chi connectivity index (χ4n) is 2.62. The molecule has 0 saturated carbocycles. The maximum atomic E-state index is 12.7. The SMILES string of the molecule is O=C(CSc1ccccn1)N(Cc1ccco1)C1=CCCCC1. The molecule has 0 aromatic carbocycles. The Balaban J connectivity index is 1.68. The van der Waals surface area contributed by atoms with Crippen LogP contribution < -0.4 is 0 Å². The molecule has 0 atom stereocenters. The molecule has 23 heavy (non-hydrogen) atoms. The Bertz CT molecular complexity index is 653. The number of carbonyl (C=O) groups excluding carboxylic acids is 1. The van der Waals surface area contributed by atoms with E-state index in [4.69, 9.17) is 4.42 Å². The van der Waals surface area contributed by atoms with Crippen LogP contribution in [0, 0.1) is 0 Å². The number of pyridine rings is 1. The third kappa shape index (κ3) is 4.48. The van der Waals surface area contributed by atoms with E-state index in [0.717, 1.165) is 35.7 Å². The van der Waals surface area contributed by atoms with Gasteiger partial charge in [-0.15, -0.1) is 0 Å². The lowest BCUT2D eigenvalue weighted by Gasteiger charge is -2.27. The summed E-state index contributed by atoms with van der Waals surface area (Å²) in [6.45, 7) is 0.500. The van der Waals surface area contributed by atoms with E-state index in [1.165, 1.54) is 18.2 Å². The molecule has 120 valence electrons. The van der Waals surface area contributed by atoms with Crippen LogP contribution in [0.25, 0.3) is 0 Å². The second-order valence-electron chi connectivity index (χ2n) is 5.46. The lowest BCUT2D eigenvalue weighted by atomic mass is 10.0. The van der Waals surface area contributed by atoms with Crippen molar-refractivity contribution >= 4 is 17.7 Å². The molecule has 3 rings (SSSR count). The van der Waals surface area contributed by atoms with Crippen molar-refractivity contribution in [2.75, 3.05) is 5.75 Å². The number of amides is 1. The van der Waals surface area contributed by atoms with E-state index in [1.807, 2.05) is 35.2 Å². The second kappa shape index (κ2) is 8.02. The smallest absolute Gasteiger partial charge is 0.237 e. The van der Waals surface area contributed by atoms with Gasteiger partial charge in [0.15, 0.2) is 0 Å². The molecule has 1 amide bonds. The fraction of sp³-hybridized carbons (Fsp3) is 0.333. The van der Waals surface area contributed by atoms with Crippen molar-refractivity contribution < 1.29 is 9.21 Å². The maximum absolute atomic E-state index is 12.7. The molecule has 0 spiro atoms.